The lowest BCUT2D eigenvalue weighted by molar-refractivity contribution is 0.589. The first kappa shape index (κ1) is 14.3. The Morgan fingerprint density at radius 2 is 1.85 bits per heavy atom. The molecule has 1 aliphatic heterocycles. The van der Waals surface area contributed by atoms with Crippen molar-refractivity contribution in [3.05, 3.63) is 32.3 Å². The van der Waals surface area contributed by atoms with E-state index in [1.807, 2.05) is 0 Å². The normalized spacial score (nSPS) is 15.9. The van der Waals surface area contributed by atoms with Crippen molar-refractivity contribution in [2.45, 2.75) is 13.8 Å². The molecule has 0 saturated carbocycles. The number of aryl methyl sites for hydroxylation is 2. The number of halogens is 2. The van der Waals surface area contributed by atoms with Gasteiger partial charge in [-0.15, -0.1) is 0 Å². The molecule has 1 aromatic heterocycles. The molecule has 2 aromatic rings. The summed E-state index contributed by atoms with van der Waals surface area (Å²) >= 11 is 7.35. The van der Waals surface area contributed by atoms with Crippen molar-refractivity contribution >= 4 is 48.5 Å². The summed E-state index contributed by atoms with van der Waals surface area (Å²) in [6, 6.07) is 4.29. The van der Waals surface area contributed by atoms with E-state index in [1.54, 1.807) is 0 Å². The Bertz CT molecular complexity index is 664. The molecule has 1 N–H and O–H groups in total. The van der Waals surface area contributed by atoms with Crippen LogP contribution in [0.25, 0.3) is 10.9 Å². The predicted octanol–water partition coefficient (Wildman–Crippen LogP) is 3.79. The summed E-state index contributed by atoms with van der Waals surface area (Å²) in [6.45, 7) is 8.32. The van der Waals surface area contributed by atoms with Gasteiger partial charge >= 0.3 is 0 Å². The quantitative estimate of drug-likeness (QED) is 0.792. The van der Waals surface area contributed by atoms with Crippen molar-refractivity contribution in [2.75, 3.05) is 31.1 Å². The number of hydrogen-bond acceptors (Lipinski definition) is 3. The van der Waals surface area contributed by atoms with Crippen LogP contribution in [0.5, 0.6) is 0 Å². The Balaban J connectivity index is 2.28. The summed E-state index contributed by atoms with van der Waals surface area (Å²) in [4.78, 5) is 7.22. The van der Waals surface area contributed by atoms with Gasteiger partial charge in [0, 0.05) is 36.0 Å². The highest BCUT2D eigenvalue weighted by Gasteiger charge is 2.20. The number of benzene rings is 1. The topological polar surface area (TPSA) is 28.2 Å². The number of piperazine rings is 1. The van der Waals surface area contributed by atoms with E-state index in [9.17, 15) is 0 Å². The molecule has 1 saturated heterocycles. The van der Waals surface area contributed by atoms with Crippen LogP contribution < -0.4 is 10.2 Å². The molecule has 0 amide bonds. The molecule has 106 valence electrons. The Morgan fingerprint density at radius 1 is 1.15 bits per heavy atom. The maximum absolute atomic E-state index is 4.77. The van der Waals surface area contributed by atoms with Crippen LogP contribution in [0, 0.1) is 13.8 Å². The van der Waals surface area contributed by atoms with Gasteiger partial charge in [0.1, 0.15) is 0 Å². The second-order valence-corrected chi connectivity index (χ2v) is 6.81. The van der Waals surface area contributed by atoms with Gasteiger partial charge in [-0.25, -0.2) is 0 Å². The molecular weight excluding hydrogens is 382 g/mol. The van der Waals surface area contributed by atoms with Gasteiger partial charge in [-0.3, -0.25) is 4.98 Å². The fourth-order valence-electron chi connectivity index (χ4n) is 2.71. The summed E-state index contributed by atoms with van der Waals surface area (Å²) in [7, 11) is 0. The summed E-state index contributed by atoms with van der Waals surface area (Å²) in [5.74, 6) is 0. The largest absolute Gasteiger partial charge is 0.367 e. The molecule has 20 heavy (non-hydrogen) atoms. The van der Waals surface area contributed by atoms with E-state index in [0.29, 0.717) is 0 Å². The Morgan fingerprint density at radius 3 is 2.55 bits per heavy atom. The minimum atomic E-state index is 1.03. The number of fused-ring (bicyclic) bond motifs is 1. The average molecular weight is 399 g/mol. The van der Waals surface area contributed by atoms with Crippen LogP contribution in [-0.2, 0) is 0 Å². The summed E-state index contributed by atoms with van der Waals surface area (Å²) in [5, 5.41) is 4.63. The monoisotopic (exact) mass is 397 g/mol. The fourth-order valence-corrected chi connectivity index (χ4v) is 3.59. The molecule has 0 spiro atoms. The minimum absolute atomic E-state index is 1.03. The molecule has 5 heteroatoms. The molecule has 0 unspecified atom stereocenters. The molecule has 3 rings (SSSR count). The number of nitrogens with zero attached hydrogens (tertiary/aromatic N) is 2. The smallest absolute Gasteiger partial charge is 0.0767 e. The fraction of sp³-hybridized carbons (Fsp3) is 0.400. The molecule has 3 nitrogen and oxygen atoms in total. The molecule has 0 radical (unpaired) electrons. The highest BCUT2D eigenvalue weighted by Crippen LogP contribution is 2.38. The third kappa shape index (κ3) is 2.36. The van der Waals surface area contributed by atoms with Crippen molar-refractivity contribution in [3.8, 4) is 0 Å². The molecule has 1 aromatic carbocycles. The van der Waals surface area contributed by atoms with E-state index in [2.05, 4.69) is 68.1 Å². The molecule has 0 bridgehead atoms. The van der Waals surface area contributed by atoms with Crippen molar-refractivity contribution in [2.24, 2.45) is 0 Å². The van der Waals surface area contributed by atoms with Crippen LogP contribution in [-0.4, -0.2) is 31.2 Å². The standard InChI is InChI=1S/C15H17Br2N3/c1-9-12(16)4-3-11-14(9)19-10(2)13(17)15(11)20-7-5-18-6-8-20/h3-4,18H,5-8H2,1-2H3. The van der Waals surface area contributed by atoms with E-state index in [-0.39, 0.29) is 0 Å². The number of aromatic nitrogens is 1. The van der Waals surface area contributed by atoms with E-state index >= 15 is 0 Å². The van der Waals surface area contributed by atoms with Crippen molar-refractivity contribution in [3.63, 3.8) is 0 Å². The highest BCUT2D eigenvalue weighted by molar-refractivity contribution is 9.11. The Hall–Kier alpha value is -0.650. The highest BCUT2D eigenvalue weighted by atomic mass is 79.9. The molecule has 1 aliphatic rings. The number of anilines is 1. The lowest BCUT2D eigenvalue weighted by Crippen LogP contribution is -2.43. The molecule has 0 atom stereocenters. The minimum Gasteiger partial charge on any atom is -0.367 e. The first-order chi connectivity index (χ1) is 9.59. The Kier molecular flexibility index (Phi) is 4.02. The zero-order chi connectivity index (χ0) is 14.3. The maximum Gasteiger partial charge on any atom is 0.0767 e. The second-order valence-electron chi connectivity index (χ2n) is 5.17. The van der Waals surface area contributed by atoms with Gasteiger partial charge in [-0.1, -0.05) is 15.9 Å². The average Bonchev–Trinajstić information content (AvgIpc) is 2.46. The van der Waals surface area contributed by atoms with E-state index in [1.165, 1.54) is 16.6 Å². The maximum atomic E-state index is 4.77. The van der Waals surface area contributed by atoms with Crippen LogP contribution in [0.3, 0.4) is 0 Å². The third-order valence-electron chi connectivity index (χ3n) is 3.86. The predicted molar refractivity (Wildman–Crippen MR) is 91.7 cm³/mol. The van der Waals surface area contributed by atoms with Gasteiger partial charge in [0.25, 0.3) is 0 Å². The summed E-state index contributed by atoms with van der Waals surface area (Å²) in [6.07, 6.45) is 0. The van der Waals surface area contributed by atoms with Gasteiger partial charge in [-0.05, 0) is 47.5 Å². The lowest BCUT2D eigenvalue weighted by Gasteiger charge is -2.31. The molecular formula is C15H17Br2N3. The van der Waals surface area contributed by atoms with Crippen LogP contribution in [0.1, 0.15) is 11.3 Å². The zero-order valence-electron chi connectivity index (χ0n) is 11.6. The van der Waals surface area contributed by atoms with Crippen LogP contribution >= 0.6 is 31.9 Å². The van der Waals surface area contributed by atoms with Crippen LogP contribution in [0.2, 0.25) is 0 Å². The first-order valence-electron chi connectivity index (χ1n) is 6.80. The van der Waals surface area contributed by atoms with Crippen LogP contribution in [0.15, 0.2) is 21.1 Å². The van der Waals surface area contributed by atoms with Gasteiger partial charge in [0.05, 0.1) is 21.4 Å². The van der Waals surface area contributed by atoms with Gasteiger partial charge < -0.3 is 10.2 Å². The molecule has 0 aliphatic carbocycles. The summed E-state index contributed by atoms with van der Waals surface area (Å²) < 4.78 is 2.24. The van der Waals surface area contributed by atoms with E-state index < -0.39 is 0 Å². The number of hydrogen-bond donors (Lipinski definition) is 1. The van der Waals surface area contributed by atoms with E-state index in [0.717, 1.165) is 46.3 Å². The van der Waals surface area contributed by atoms with Crippen molar-refractivity contribution in [1.82, 2.24) is 10.3 Å². The lowest BCUT2D eigenvalue weighted by atomic mass is 10.1. The number of pyridine rings is 1. The summed E-state index contributed by atoms with van der Waals surface area (Å²) in [5.41, 5.74) is 4.62. The van der Waals surface area contributed by atoms with Crippen molar-refractivity contribution in [1.29, 1.82) is 0 Å². The third-order valence-corrected chi connectivity index (χ3v) is 5.67. The Labute approximate surface area is 136 Å². The number of nitrogens with one attached hydrogen (secondary N) is 1. The van der Waals surface area contributed by atoms with Crippen molar-refractivity contribution < 1.29 is 0 Å². The zero-order valence-corrected chi connectivity index (χ0v) is 14.8. The molecule has 1 fully saturated rings. The number of rotatable bonds is 1. The first-order valence-corrected chi connectivity index (χ1v) is 8.39. The van der Waals surface area contributed by atoms with E-state index in [4.69, 9.17) is 4.98 Å². The van der Waals surface area contributed by atoms with Gasteiger partial charge in [-0.2, -0.15) is 0 Å². The second kappa shape index (κ2) is 5.62. The van der Waals surface area contributed by atoms with Gasteiger partial charge in [0.2, 0.25) is 0 Å². The van der Waals surface area contributed by atoms with Gasteiger partial charge in [0.15, 0.2) is 0 Å². The van der Waals surface area contributed by atoms with Crippen LogP contribution in [0.4, 0.5) is 5.69 Å². The molecule has 2 heterocycles. The SMILES string of the molecule is Cc1nc2c(C)c(Br)ccc2c(N2CCNCC2)c1Br.